The lowest BCUT2D eigenvalue weighted by Gasteiger charge is -2.01. The Balaban J connectivity index is 2.22. The maximum Gasteiger partial charge on any atom is 0.124 e. The van der Waals surface area contributed by atoms with Crippen LogP contribution in [0.3, 0.4) is 0 Å². The van der Waals surface area contributed by atoms with Crippen molar-refractivity contribution < 1.29 is 0 Å². The third kappa shape index (κ3) is 1.96. The number of nitrogen functional groups attached to an aromatic ring is 1. The van der Waals surface area contributed by atoms with Crippen molar-refractivity contribution in [3.05, 3.63) is 47.0 Å². The Kier molecular flexibility index (Phi) is 2.73. The smallest absolute Gasteiger partial charge is 0.124 e. The lowest BCUT2D eigenvalue weighted by molar-refractivity contribution is 1.41. The minimum absolute atomic E-state index is 0.731. The van der Waals surface area contributed by atoms with Crippen LogP contribution in [0.4, 0.5) is 5.69 Å². The van der Waals surface area contributed by atoms with Crippen molar-refractivity contribution >= 4 is 38.8 Å². The molecule has 0 aliphatic carbocycles. The standard InChI is InChI=1S/C14H11ClN2S/c1-8-2-3-9(15)6-11(8)14-17-12-5-4-10(16)7-13(12)18-14/h2-7H,16H2,1H3. The van der Waals surface area contributed by atoms with Crippen molar-refractivity contribution in [2.75, 3.05) is 5.73 Å². The van der Waals surface area contributed by atoms with Gasteiger partial charge in [-0.2, -0.15) is 0 Å². The fourth-order valence-corrected chi connectivity index (χ4v) is 3.15. The molecule has 0 saturated heterocycles. The summed E-state index contributed by atoms with van der Waals surface area (Å²) in [7, 11) is 0. The minimum atomic E-state index is 0.731. The van der Waals surface area contributed by atoms with Gasteiger partial charge in [-0.25, -0.2) is 4.98 Å². The fraction of sp³-hybridized carbons (Fsp3) is 0.0714. The Labute approximate surface area is 114 Å². The molecule has 2 N–H and O–H groups in total. The zero-order chi connectivity index (χ0) is 12.7. The molecule has 0 radical (unpaired) electrons. The zero-order valence-corrected chi connectivity index (χ0v) is 11.3. The lowest BCUT2D eigenvalue weighted by Crippen LogP contribution is -1.82. The third-order valence-corrected chi connectivity index (χ3v) is 4.13. The molecule has 0 saturated carbocycles. The number of anilines is 1. The molecule has 0 aliphatic heterocycles. The van der Waals surface area contributed by atoms with Crippen LogP contribution in [0.5, 0.6) is 0 Å². The molecular formula is C14H11ClN2S. The van der Waals surface area contributed by atoms with Crippen LogP contribution < -0.4 is 5.73 Å². The molecule has 2 aromatic carbocycles. The summed E-state index contributed by atoms with van der Waals surface area (Å²) in [6, 6.07) is 11.6. The maximum absolute atomic E-state index is 6.05. The predicted molar refractivity (Wildman–Crippen MR) is 79.2 cm³/mol. The first-order valence-electron chi connectivity index (χ1n) is 5.56. The van der Waals surface area contributed by atoms with E-state index in [1.165, 1.54) is 5.56 Å². The average Bonchev–Trinajstić information content (AvgIpc) is 2.74. The molecular weight excluding hydrogens is 264 g/mol. The summed E-state index contributed by atoms with van der Waals surface area (Å²) in [5, 5.41) is 1.71. The van der Waals surface area contributed by atoms with E-state index < -0.39 is 0 Å². The van der Waals surface area contributed by atoms with Gasteiger partial charge in [-0.3, -0.25) is 0 Å². The van der Waals surface area contributed by atoms with Crippen molar-refractivity contribution in [1.82, 2.24) is 4.98 Å². The van der Waals surface area contributed by atoms with Crippen LogP contribution >= 0.6 is 22.9 Å². The van der Waals surface area contributed by atoms with Gasteiger partial charge in [0.25, 0.3) is 0 Å². The minimum Gasteiger partial charge on any atom is -0.399 e. The van der Waals surface area contributed by atoms with E-state index >= 15 is 0 Å². The van der Waals surface area contributed by atoms with Crippen LogP contribution in [0.15, 0.2) is 36.4 Å². The van der Waals surface area contributed by atoms with Gasteiger partial charge in [-0.1, -0.05) is 17.7 Å². The topological polar surface area (TPSA) is 38.9 Å². The van der Waals surface area contributed by atoms with Crippen LogP contribution in [0.1, 0.15) is 5.56 Å². The van der Waals surface area contributed by atoms with E-state index in [0.29, 0.717) is 0 Å². The molecule has 90 valence electrons. The van der Waals surface area contributed by atoms with Crippen LogP contribution in [0.2, 0.25) is 5.02 Å². The van der Waals surface area contributed by atoms with E-state index in [1.807, 2.05) is 36.4 Å². The number of thiazole rings is 1. The molecule has 1 aromatic heterocycles. The number of fused-ring (bicyclic) bond motifs is 1. The highest BCUT2D eigenvalue weighted by atomic mass is 35.5. The summed E-state index contributed by atoms with van der Waals surface area (Å²) >= 11 is 7.69. The molecule has 2 nitrogen and oxygen atoms in total. The maximum atomic E-state index is 6.05. The van der Waals surface area contributed by atoms with Crippen molar-refractivity contribution in [1.29, 1.82) is 0 Å². The molecule has 0 spiro atoms. The molecule has 3 rings (SSSR count). The first-order chi connectivity index (χ1) is 8.63. The first kappa shape index (κ1) is 11.5. The number of hydrogen-bond acceptors (Lipinski definition) is 3. The van der Waals surface area contributed by atoms with Gasteiger partial charge < -0.3 is 5.73 Å². The molecule has 3 aromatic rings. The van der Waals surface area contributed by atoms with Gasteiger partial charge in [0.2, 0.25) is 0 Å². The highest BCUT2D eigenvalue weighted by Crippen LogP contribution is 2.34. The third-order valence-electron chi connectivity index (χ3n) is 2.84. The molecule has 0 amide bonds. The largest absolute Gasteiger partial charge is 0.399 e. The number of benzene rings is 2. The van der Waals surface area contributed by atoms with Crippen molar-refractivity contribution in [2.45, 2.75) is 6.92 Å². The van der Waals surface area contributed by atoms with Crippen molar-refractivity contribution in [3.8, 4) is 10.6 Å². The van der Waals surface area contributed by atoms with Crippen LogP contribution in [-0.4, -0.2) is 4.98 Å². The quantitative estimate of drug-likeness (QED) is 0.663. The highest BCUT2D eigenvalue weighted by molar-refractivity contribution is 7.21. The average molecular weight is 275 g/mol. The Bertz CT molecular complexity index is 734. The van der Waals surface area contributed by atoms with Gasteiger partial charge in [0.05, 0.1) is 10.2 Å². The number of hydrogen-bond donors (Lipinski definition) is 1. The summed E-state index contributed by atoms with van der Waals surface area (Å²) in [4.78, 5) is 4.63. The highest BCUT2D eigenvalue weighted by Gasteiger charge is 2.09. The van der Waals surface area contributed by atoms with Gasteiger partial charge in [-0.05, 0) is 42.8 Å². The molecule has 0 fully saturated rings. The van der Waals surface area contributed by atoms with E-state index in [2.05, 4.69) is 11.9 Å². The van der Waals surface area contributed by atoms with Crippen molar-refractivity contribution in [3.63, 3.8) is 0 Å². The molecule has 18 heavy (non-hydrogen) atoms. The Morgan fingerprint density at radius 3 is 2.83 bits per heavy atom. The summed E-state index contributed by atoms with van der Waals surface area (Å²) < 4.78 is 1.10. The predicted octanol–water partition coefficient (Wildman–Crippen LogP) is 4.51. The SMILES string of the molecule is Cc1ccc(Cl)cc1-c1nc2ccc(N)cc2s1. The molecule has 0 bridgehead atoms. The Morgan fingerprint density at radius 2 is 2.00 bits per heavy atom. The summed E-state index contributed by atoms with van der Waals surface area (Å²) in [5.74, 6) is 0. The van der Waals surface area contributed by atoms with E-state index in [4.69, 9.17) is 17.3 Å². The van der Waals surface area contributed by atoms with Gasteiger partial charge in [0.15, 0.2) is 0 Å². The van der Waals surface area contributed by atoms with Gasteiger partial charge in [0, 0.05) is 16.3 Å². The molecule has 4 heteroatoms. The van der Waals surface area contributed by atoms with E-state index in [0.717, 1.165) is 31.5 Å². The van der Waals surface area contributed by atoms with Gasteiger partial charge >= 0.3 is 0 Å². The summed E-state index contributed by atoms with van der Waals surface area (Å²) in [6.07, 6.45) is 0. The summed E-state index contributed by atoms with van der Waals surface area (Å²) in [5.41, 5.74) is 9.78. The second-order valence-corrected chi connectivity index (χ2v) is 5.67. The van der Waals surface area contributed by atoms with E-state index in [9.17, 15) is 0 Å². The van der Waals surface area contributed by atoms with E-state index in [-0.39, 0.29) is 0 Å². The summed E-state index contributed by atoms with van der Waals surface area (Å²) in [6.45, 7) is 2.06. The van der Waals surface area contributed by atoms with Crippen LogP contribution in [0, 0.1) is 6.92 Å². The normalized spacial score (nSPS) is 11.0. The second kappa shape index (κ2) is 4.26. The number of rotatable bonds is 1. The molecule has 0 aliphatic rings. The zero-order valence-electron chi connectivity index (χ0n) is 9.77. The van der Waals surface area contributed by atoms with Crippen molar-refractivity contribution in [2.24, 2.45) is 0 Å². The van der Waals surface area contributed by atoms with Crippen LogP contribution in [-0.2, 0) is 0 Å². The monoisotopic (exact) mass is 274 g/mol. The van der Waals surface area contributed by atoms with Gasteiger partial charge in [0.1, 0.15) is 5.01 Å². The van der Waals surface area contributed by atoms with Gasteiger partial charge in [-0.15, -0.1) is 11.3 Å². The number of nitrogens with two attached hydrogens (primary N) is 1. The fourth-order valence-electron chi connectivity index (χ4n) is 1.88. The first-order valence-corrected chi connectivity index (χ1v) is 6.75. The van der Waals surface area contributed by atoms with Crippen LogP contribution in [0.25, 0.3) is 20.8 Å². The second-order valence-electron chi connectivity index (χ2n) is 4.21. The Hall–Kier alpha value is -1.58. The number of nitrogens with zero attached hydrogens (tertiary/aromatic N) is 1. The Morgan fingerprint density at radius 1 is 1.17 bits per heavy atom. The lowest BCUT2D eigenvalue weighted by atomic mass is 10.1. The van der Waals surface area contributed by atoms with E-state index in [1.54, 1.807) is 11.3 Å². The molecule has 0 unspecified atom stereocenters. The molecule has 0 atom stereocenters. The number of halogens is 1. The number of aryl methyl sites for hydroxylation is 1. The molecule has 1 heterocycles. The number of aromatic nitrogens is 1.